The molecule has 114 valence electrons. The molecule has 1 fully saturated rings. The maximum absolute atomic E-state index is 12.6. The van der Waals surface area contributed by atoms with Crippen molar-refractivity contribution in [3.63, 3.8) is 0 Å². The topological polar surface area (TPSA) is 66.6 Å². The number of hydrogen-bond acceptors (Lipinski definition) is 5. The Morgan fingerprint density at radius 2 is 2.00 bits per heavy atom. The zero-order chi connectivity index (χ0) is 15.0. The summed E-state index contributed by atoms with van der Waals surface area (Å²) in [6.07, 6.45) is 3.27. The minimum atomic E-state index is -3.41. The van der Waals surface area contributed by atoms with Crippen LogP contribution < -0.4 is 5.73 Å². The van der Waals surface area contributed by atoms with Crippen molar-refractivity contribution in [1.82, 2.24) is 9.21 Å². The molecule has 1 aliphatic carbocycles. The summed E-state index contributed by atoms with van der Waals surface area (Å²) in [4.78, 5) is 3.41. The fraction of sp³-hybridized carbons (Fsp3) is 0.692. The molecule has 0 unspecified atom stereocenters. The van der Waals surface area contributed by atoms with Gasteiger partial charge in [-0.15, -0.1) is 11.3 Å². The molecule has 2 N–H and O–H groups in total. The highest BCUT2D eigenvalue weighted by molar-refractivity contribution is 7.89. The first-order valence-corrected chi connectivity index (χ1v) is 9.05. The molecule has 0 aliphatic heterocycles. The molecule has 0 aromatic carbocycles. The minimum absolute atomic E-state index is 0.00542. The van der Waals surface area contributed by atoms with Crippen molar-refractivity contribution in [2.75, 3.05) is 27.7 Å². The van der Waals surface area contributed by atoms with E-state index < -0.39 is 10.0 Å². The summed E-state index contributed by atoms with van der Waals surface area (Å²) in [6, 6.07) is 1.68. The molecule has 1 aromatic heterocycles. The van der Waals surface area contributed by atoms with Gasteiger partial charge in [0.1, 0.15) is 0 Å². The van der Waals surface area contributed by atoms with Gasteiger partial charge in [-0.25, -0.2) is 8.42 Å². The third-order valence-corrected chi connectivity index (χ3v) is 7.18. The Morgan fingerprint density at radius 1 is 1.35 bits per heavy atom. The molecule has 20 heavy (non-hydrogen) atoms. The first-order chi connectivity index (χ1) is 9.32. The summed E-state index contributed by atoms with van der Waals surface area (Å²) < 4.78 is 26.6. The maximum atomic E-state index is 12.6. The van der Waals surface area contributed by atoms with Crippen LogP contribution in [0.5, 0.6) is 0 Å². The van der Waals surface area contributed by atoms with E-state index in [0.29, 0.717) is 18.0 Å². The van der Waals surface area contributed by atoms with Crippen molar-refractivity contribution in [1.29, 1.82) is 0 Å². The third kappa shape index (κ3) is 2.78. The number of nitrogens with two attached hydrogens (primary N) is 1. The Labute approximate surface area is 125 Å². The maximum Gasteiger partial charge on any atom is 0.243 e. The van der Waals surface area contributed by atoms with E-state index in [0.717, 1.165) is 17.7 Å². The predicted molar refractivity (Wildman–Crippen MR) is 82.3 cm³/mol. The van der Waals surface area contributed by atoms with Crippen LogP contribution in [0.25, 0.3) is 0 Å². The second-order valence-corrected chi connectivity index (χ2v) is 8.73. The second-order valence-electron chi connectivity index (χ2n) is 5.69. The third-order valence-electron chi connectivity index (χ3n) is 4.29. The average Bonchev–Trinajstić information content (AvgIpc) is 2.82. The summed E-state index contributed by atoms with van der Waals surface area (Å²) in [7, 11) is 2.30. The van der Waals surface area contributed by atoms with E-state index in [9.17, 15) is 8.42 Å². The van der Waals surface area contributed by atoms with Crippen molar-refractivity contribution >= 4 is 21.4 Å². The van der Waals surface area contributed by atoms with Gasteiger partial charge in [-0.05, 0) is 39.4 Å². The average molecular weight is 317 g/mol. The Bertz CT molecular complexity index is 562. The number of nitrogens with zero attached hydrogens (tertiary/aromatic N) is 2. The fourth-order valence-electron chi connectivity index (χ4n) is 2.61. The van der Waals surface area contributed by atoms with Gasteiger partial charge in [0.05, 0.1) is 4.90 Å². The van der Waals surface area contributed by atoms with Crippen LogP contribution in [-0.4, -0.2) is 50.8 Å². The molecule has 1 saturated carbocycles. The van der Waals surface area contributed by atoms with Gasteiger partial charge in [0.15, 0.2) is 0 Å². The first kappa shape index (κ1) is 15.9. The van der Waals surface area contributed by atoms with E-state index >= 15 is 0 Å². The normalized spacial score (nSPS) is 18.5. The lowest BCUT2D eigenvalue weighted by molar-refractivity contribution is 0.0455. The molecule has 0 amide bonds. The lowest BCUT2D eigenvalue weighted by atomic mass is 9.75. The number of hydrogen-bond donors (Lipinski definition) is 1. The van der Waals surface area contributed by atoms with Crippen LogP contribution in [0.15, 0.2) is 16.3 Å². The summed E-state index contributed by atoms with van der Waals surface area (Å²) in [5, 5.41) is 1.68. The van der Waals surface area contributed by atoms with Gasteiger partial charge in [-0.1, -0.05) is 0 Å². The molecule has 0 radical (unpaired) electrons. The van der Waals surface area contributed by atoms with Crippen LogP contribution in [0.3, 0.4) is 0 Å². The van der Waals surface area contributed by atoms with Crippen LogP contribution in [0, 0.1) is 0 Å². The summed E-state index contributed by atoms with van der Waals surface area (Å²) >= 11 is 1.40. The smallest absolute Gasteiger partial charge is 0.243 e. The summed E-state index contributed by atoms with van der Waals surface area (Å²) in [5.74, 6) is 0. The molecule has 1 aliphatic rings. The van der Waals surface area contributed by atoms with Gasteiger partial charge < -0.3 is 10.6 Å². The standard InChI is InChI=1S/C13H23N3O2S2/c1-15(2)13(5-4-6-13)10-16(3)20(17,18)12-7-11(8-14)19-9-12/h7,9H,4-6,8,10,14H2,1-3H3. The predicted octanol–water partition coefficient (Wildman–Crippen LogP) is 1.31. The fourth-order valence-corrected chi connectivity index (χ4v) is 5.01. The van der Waals surface area contributed by atoms with Gasteiger partial charge in [-0.2, -0.15) is 4.31 Å². The molecule has 2 rings (SSSR count). The Balaban J connectivity index is 2.17. The molecule has 7 heteroatoms. The highest BCUT2D eigenvalue weighted by Gasteiger charge is 2.42. The van der Waals surface area contributed by atoms with Crippen LogP contribution in [0.1, 0.15) is 24.1 Å². The van der Waals surface area contributed by atoms with E-state index in [2.05, 4.69) is 4.90 Å². The number of likely N-dealkylation sites (N-methyl/N-ethyl adjacent to an activating group) is 2. The van der Waals surface area contributed by atoms with Gasteiger partial charge in [0.2, 0.25) is 10.0 Å². The lowest BCUT2D eigenvalue weighted by Gasteiger charge is -2.48. The van der Waals surface area contributed by atoms with Crippen LogP contribution in [0.2, 0.25) is 0 Å². The Morgan fingerprint density at radius 3 is 2.40 bits per heavy atom. The number of sulfonamides is 1. The van der Waals surface area contributed by atoms with Gasteiger partial charge >= 0.3 is 0 Å². The largest absolute Gasteiger partial charge is 0.326 e. The Kier molecular flexibility index (Phi) is 4.56. The van der Waals surface area contributed by atoms with E-state index in [1.54, 1.807) is 18.5 Å². The van der Waals surface area contributed by atoms with E-state index in [4.69, 9.17) is 5.73 Å². The van der Waals surface area contributed by atoms with Crippen LogP contribution >= 0.6 is 11.3 Å². The van der Waals surface area contributed by atoms with Crippen molar-refractivity contribution < 1.29 is 8.42 Å². The molecule has 0 spiro atoms. The van der Waals surface area contributed by atoms with E-state index in [1.165, 1.54) is 22.1 Å². The minimum Gasteiger partial charge on any atom is -0.326 e. The number of thiophene rings is 1. The first-order valence-electron chi connectivity index (χ1n) is 6.73. The molecule has 1 aromatic rings. The highest BCUT2D eigenvalue weighted by atomic mass is 32.2. The summed E-state index contributed by atoms with van der Waals surface area (Å²) in [6.45, 7) is 0.918. The van der Waals surface area contributed by atoms with Crippen molar-refractivity contribution in [3.8, 4) is 0 Å². The molecule has 0 atom stereocenters. The molecular formula is C13H23N3O2S2. The highest BCUT2D eigenvalue weighted by Crippen LogP contribution is 2.37. The molecule has 1 heterocycles. The molecule has 0 bridgehead atoms. The SMILES string of the molecule is CN(C)C1(CN(C)S(=O)(=O)c2csc(CN)c2)CCC1. The van der Waals surface area contributed by atoms with Crippen molar-refractivity contribution in [2.45, 2.75) is 36.2 Å². The molecular weight excluding hydrogens is 294 g/mol. The zero-order valence-corrected chi connectivity index (χ0v) is 13.9. The summed E-state index contributed by atoms with van der Waals surface area (Å²) in [5.41, 5.74) is 5.54. The van der Waals surface area contributed by atoms with Crippen molar-refractivity contribution in [3.05, 3.63) is 16.3 Å². The zero-order valence-electron chi connectivity index (χ0n) is 12.3. The van der Waals surface area contributed by atoms with Gasteiger partial charge in [0, 0.05) is 35.9 Å². The molecule has 0 saturated heterocycles. The monoisotopic (exact) mass is 317 g/mol. The van der Waals surface area contributed by atoms with Gasteiger partial charge in [-0.3, -0.25) is 0 Å². The van der Waals surface area contributed by atoms with Crippen LogP contribution in [-0.2, 0) is 16.6 Å². The van der Waals surface area contributed by atoms with Gasteiger partial charge in [0.25, 0.3) is 0 Å². The van der Waals surface area contributed by atoms with E-state index in [1.807, 2.05) is 14.1 Å². The van der Waals surface area contributed by atoms with E-state index in [-0.39, 0.29) is 5.54 Å². The van der Waals surface area contributed by atoms with Crippen LogP contribution in [0.4, 0.5) is 0 Å². The van der Waals surface area contributed by atoms with Crippen molar-refractivity contribution in [2.24, 2.45) is 5.73 Å². The second kappa shape index (κ2) is 5.73. The number of rotatable bonds is 6. The Hall–Kier alpha value is -0.470. The quantitative estimate of drug-likeness (QED) is 0.859. The molecule has 5 nitrogen and oxygen atoms in total. The lowest BCUT2D eigenvalue weighted by Crippen LogP contribution is -2.57.